The molecule has 0 amide bonds. The fraction of sp³-hybridized carbons (Fsp3) is 0.385. The van der Waals surface area contributed by atoms with Crippen molar-refractivity contribution in [2.75, 3.05) is 11.1 Å². The summed E-state index contributed by atoms with van der Waals surface area (Å²) in [6.45, 7) is 2.08. The number of fused-ring (bicyclic) bond motifs is 1. The van der Waals surface area contributed by atoms with Gasteiger partial charge in [-0.1, -0.05) is 31.2 Å². The van der Waals surface area contributed by atoms with Crippen LogP contribution in [0, 0.1) is 0 Å². The summed E-state index contributed by atoms with van der Waals surface area (Å²) in [5.41, 5.74) is 1.40. The first kappa shape index (κ1) is 15.8. The van der Waals surface area contributed by atoms with E-state index in [2.05, 4.69) is 16.6 Å². The normalized spacial score (nSPS) is 15.8. The van der Waals surface area contributed by atoms with Crippen LogP contribution in [0.2, 0.25) is 0 Å². The summed E-state index contributed by atoms with van der Waals surface area (Å²) in [4.78, 5) is 10.7. The molecule has 0 aromatic heterocycles. The fourth-order valence-corrected chi connectivity index (χ4v) is 3.92. The molecule has 0 unspecified atom stereocenters. The van der Waals surface area contributed by atoms with Crippen molar-refractivity contribution < 1.29 is 18.3 Å². The van der Waals surface area contributed by atoms with E-state index in [0.29, 0.717) is 5.69 Å². The summed E-state index contributed by atoms with van der Waals surface area (Å²) >= 11 is 0.850. The highest BCUT2D eigenvalue weighted by molar-refractivity contribution is 8.15. The van der Waals surface area contributed by atoms with Gasteiger partial charge in [-0.3, -0.25) is 4.79 Å². The number of thioether (sulfide) groups is 1. The Hall–Kier alpha value is -1.54. The predicted molar refractivity (Wildman–Crippen MR) is 83.4 cm³/mol. The highest BCUT2D eigenvalue weighted by Gasteiger charge is 2.25. The quantitative estimate of drug-likeness (QED) is 0.861. The van der Waals surface area contributed by atoms with Crippen LogP contribution in [0.3, 0.4) is 0 Å². The highest BCUT2D eigenvalue weighted by atomic mass is 32.2. The first-order valence-corrected chi connectivity index (χ1v) is 8.94. The molecule has 8 heteroatoms. The lowest BCUT2D eigenvalue weighted by atomic mass is 10.1. The van der Waals surface area contributed by atoms with Crippen molar-refractivity contribution in [3.8, 4) is 0 Å². The number of carbonyl (C=O) groups is 1. The van der Waals surface area contributed by atoms with Crippen LogP contribution in [0.4, 0.5) is 5.69 Å². The fourth-order valence-electron chi connectivity index (χ4n) is 1.91. The molecule has 21 heavy (non-hydrogen) atoms. The molecular weight excluding hydrogens is 312 g/mol. The van der Waals surface area contributed by atoms with E-state index in [4.69, 9.17) is 5.11 Å². The molecule has 0 atom stereocenters. The number of unbranched alkanes of at least 4 members (excludes halogenated alkanes) is 1. The van der Waals surface area contributed by atoms with Crippen LogP contribution < -0.4 is 5.32 Å². The number of aliphatic carboxylic acids is 1. The summed E-state index contributed by atoms with van der Waals surface area (Å²) in [5, 5.41) is 11.6. The van der Waals surface area contributed by atoms with E-state index in [1.165, 1.54) is 0 Å². The van der Waals surface area contributed by atoms with Crippen LogP contribution in [0.1, 0.15) is 25.3 Å². The van der Waals surface area contributed by atoms with Crippen LogP contribution in [-0.4, -0.2) is 30.4 Å². The third kappa shape index (κ3) is 3.98. The van der Waals surface area contributed by atoms with Gasteiger partial charge in [0.15, 0.2) is 5.17 Å². The van der Waals surface area contributed by atoms with Gasteiger partial charge in [-0.15, -0.1) is 4.40 Å². The number of sulfonamides is 1. The lowest BCUT2D eigenvalue weighted by Crippen LogP contribution is -2.20. The molecule has 0 aliphatic carbocycles. The molecule has 0 radical (unpaired) electrons. The van der Waals surface area contributed by atoms with Gasteiger partial charge >= 0.3 is 5.97 Å². The molecule has 1 aromatic rings. The summed E-state index contributed by atoms with van der Waals surface area (Å²) in [5.74, 6) is -1.27. The van der Waals surface area contributed by atoms with E-state index < -0.39 is 16.0 Å². The third-order valence-corrected chi connectivity index (χ3v) is 5.21. The van der Waals surface area contributed by atoms with E-state index >= 15 is 0 Å². The van der Waals surface area contributed by atoms with Crippen molar-refractivity contribution in [2.24, 2.45) is 4.40 Å². The second-order valence-corrected chi connectivity index (χ2v) is 7.15. The Balaban J connectivity index is 2.26. The molecule has 0 saturated carbocycles. The Morgan fingerprint density at radius 1 is 1.43 bits per heavy atom. The number of benzene rings is 1. The van der Waals surface area contributed by atoms with Gasteiger partial charge in [0, 0.05) is 0 Å². The van der Waals surface area contributed by atoms with Crippen LogP contribution in [0.25, 0.3) is 0 Å². The molecule has 0 bridgehead atoms. The maximum Gasteiger partial charge on any atom is 0.313 e. The van der Waals surface area contributed by atoms with Gasteiger partial charge in [-0.2, -0.15) is 8.42 Å². The lowest BCUT2D eigenvalue weighted by molar-refractivity contribution is -0.133. The average molecular weight is 328 g/mol. The van der Waals surface area contributed by atoms with Crippen LogP contribution in [0.15, 0.2) is 27.5 Å². The first-order valence-electron chi connectivity index (χ1n) is 6.52. The number of carboxylic acid groups (broad SMARTS) is 1. The number of rotatable bonds is 5. The predicted octanol–water partition coefficient (Wildman–Crippen LogP) is 2.32. The molecule has 1 aliphatic heterocycles. The molecule has 0 spiro atoms. The smallest absolute Gasteiger partial charge is 0.313 e. The standard InChI is InChI=1S/C13H16N2O4S2/c1-2-3-4-9-5-6-10-11(7-9)21(18,19)15-13(14-10)20-8-12(16)17/h5-7H,2-4,8H2,1H3,(H,14,15)(H,16,17). The molecule has 2 N–H and O–H groups in total. The Labute approximate surface area is 127 Å². The van der Waals surface area contributed by atoms with Gasteiger partial charge in [-0.05, 0) is 30.5 Å². The van der Waals surface area contributed by atoms with E-state index in [1.54, 1.807) is 12.1 Å². The molecule has 1 aromatic carbocycles. The number of nitrogens with one attached hydrogen (secondary N) is 1. The Kier molecular flexibility index (Phi) is 4.89. The number of nitrogens with zero attached hydrogens (tertiary/aromatic N) is 1. The van der Waals surface area contributed by atoms with Gasteiger partial charge in [-0.25, -0.2) is 0 Å². The Bertz CT molecular complexity index is 683. The molecule has 1 heterocycles. The number of aryl methyl sites for hydroxylation is 1. The molecule has 1 aliphatic rings. The number of hydrogen-bond donors (Lipinski definition) is 2. The van der Waals surface area contributed by atoms with Crippen molar-refractivity contribution >= 4 is 38.6 Å². The zero-order valence-corrected chi connectivity index (χ0v) is 13.1. The van der Waals surface area contributed by atoms with Crippen molar-refractivity contribution in [1.82, 2.24) is 0 Å². The monoisotopic (exact) mass is 328 g/mol. The Morgan fingerprint density at radius 2 is 2.19 bits per heavy atom. The lowest BCUT2D eigenvalue weighted by Gasteiger charge is -2.18. The summed E-state index contributed by atoms with van der Waals surface area (Å²) < 4.78 is 28.0. The highest BCUT2D eigenvalue weighted by Crippen LogP contribution is 2.30. The zero-order chi connectivity index (χ0) is 15.5. The maximum atomic E-state index is 12.2. The largest absolute Gasteiger partial charge is 0.481 e. The molecular formula is C13H16N2O4S2. The topological polar surface area (TPSA) is 95.8 Å². The van der Waals surface area contributed by atoms with E-state index in [9.17, 15) is 13.2 Å². The van der Waals surface area contributed by atoms with Crippen LogP contribution in [-0.2, 0) is 21.2 Å². The van der Waals surface area contributed by atoms with Gasteiger partial charge in [0.25, 0.3) is 10.0 Å². The van der Waals surface area contributed by atoms with Crippen molar-refractivity contribution in [2.45, 2.75) is 31.1 Å². The number of hydrogen-bond acceptors (Lipinski definition) is 5. The van der Waals surface area contributed by atoms with Gasteiger partial charge in [0.2, 0.25) is 0 Å². The molecule has 0 saturated heterocycles. The molecule has 6 nitrogen and oxygen atoms in total. The summed E-state index contributed by atoms with van der Waals surface area (Å²) in [7, 11) is -3.77. The van der Waals surface area contributed by atoms with Crippen molar-refractivity contribution in [3.63, 3.8) is 0 Å². The van der Waals surface area contributed by atoms with Gasteiger partial charge in [0.05, 0.1) is 11.4 Å². The summed E-state index contributed by atoms with van der Waals surface area (Å²) in [6.07, 6.45) is 2.86. The molecule has 114 valence electrons. The zero-order valence-electron chi connectivity index (χ0n) is 11.5. The van der Waals surface area contributed by atoms with Crippen molar-refractivity contribution in [3.05, 3.63) is 23.8 Å². The van der Waals surface area contributed by atoms with E-state index in [0.717, 1.165) is 36.6 Å². The number of carboxylic acids is 1. The second-order valence-electron chi connectivity index (χ2n) is 4.61. The minimum Gasteiger partial charge on any atom is -0.481 e. The van der Waals surface area contributed by atoms with E-state index in [-0.39, 0.29) is 15.8 Å². The molecule has 0 fully saturated rings. The van der Waals surface area contributed by atoms with Crippen LogP contribution in [0.5, 0.6) is 0 Å². The minimum absolute atomic E-state index is 0.0891. The maximum absolute atomic E-state index is 12.2. The van der Waals surface area contributed by atoms with E-state index in [1.807, 2.05) is 6.07 Å². The number of anilines is 1. The van der Waals surface area contributed by atoms with Gasteiger partial charge in [0.1, 0.15) is 4.90 Å². The second kappa shape index (κ2) is 6.48. The Morgan fingerprint density at radius 3 is 2.86 bits per heavy atom. The minimum atomic E-state index is -3.77. The third-order valence-electron chi connectivity index (χ3n) is 2.92. The average Bonchev–Trinajstić information content (AvgIpc) is 2.42. The SMILES string of the molecule is CCCCc1ccc2c(c1)S(=O)(=O)N=C(SCC(=O)O)N2. The van der Waals surface area contributed by atoms with Crippen LogP contribution >= 0.6 is 11.8 Å². The summed E-state index contributed by atoms with van der Waals surface area (Å²) in [6, 6.07) is 5.21. The van der Waals surface area contributed by atoms with Gasteiger partial charge < -0.3 is 10.4 Å². The first-order chi connectivity index (χ1) is 9.92. The molecule has 2 rings (SSSR count). The van der Waals surface area contributed by atoms with Crippen molar-refractivity contribution in [1.29, 1.82) is 0 Å². The number of amidine groups is 1.